The Morgan fingerprint density at radius 3 is 2.38 bits per heavy atom. The van der Waals surface area contributed by atoms with E-state index in [4.69, 9.17) is 0 Å². The summed E-state index contributed by atoms with van der Waals surface area (Å²) in [6.07, 6.45) is 2.94. The Morgan fingerprint density at radius 1 is 1.31 bits per heavy atom. The molecular formula is C13H24N2O. The van der Waals surface area contributed by atoms with Crippen LogP contribution in [-0.4, -0.2) is 21.5 Å². The van der Waals surface area contributed by atoms with E-state index in [0.29, 0.717) is 0 Å². The standard InChI is InChI=1S/C13H24N2O/c1-5-13(6-2,10-16)9-12-8-11(4)14-15(12)7-3/h8,16H,5-7,9-10H2,1-4H3. The summed E-state index contributed by atoms with van der Waals surface area (Å²) in [5.74, 6) is 0. The van der Waals surface area contributed by atoms with Gasteiger partial charge in [-0.25, -0.2) is 0 Å². The van der Waals surface area contributed by atoms with Crippen molar-refractivity contribution >= 4 is 0 Å². The van der Waals surface area contributed by atoms with Gasteiger partial charge in [0.1, 0.15) is 0 Å². The van der Waals surface area contributed by atoms with Gasteiger partial charge in [-0.05, 0) is 44.6 Å². The molecule has 0 spiro atoms. The van der Waals surface area contributed by atoms with E-state index < -0.39 is 0 Å². The van der Waals surface area contributed by atoms with Crippen molar-refractivity contribution in [2.45, 2.75) is 53.5 Å². The van der Waals surface area contributed by atoms with Crippen LogP contribution in [0.2, 0.25) is 0 Å². The third-order valence-electron chi connectivity index (χ3n) is 3.68. The Balaban J connectivity index is 2.92. The van der Waals surface area contributed by atoms with Crippen LogP contribution in [0, 0.1) is 12.3 Å². The molecule has 92 valence electrons. The quantitative estimate of drug-likeness (QED) is 0.806. The summed E-state index contributed by atoms with van der Waals surface area (Å²) < 4.78 is 2.05. The zero-order valence-electron chi connectivity index (χ0n) is 11.0. The van der Waals surface area contributed by atoms with Crippen molar-refractivity contribution in [3.8, 4) is 0 Å². The second-order valence-electron chi connectivity index (χ2n) is 4.63. The van der Waals surface area contributed by atoms with Crippen LogP contribution in [0.15, 0.2) is 6.07 Å². The minimum atomic E-state index is 0.0272. The highest BCUT2D eigenvalue weighted by Gasteiger charge is 2.27. The number of aliphatic hydroxyl groups is 1. The van der Waals surface area contributed by atoms with Gasteiger partial charge in [0.05, 0.1) is 5.69 Å². The molecule has 3 nitrogen and oxygen atoms in total. The Hall–Kier alpha value is -0.830. The van der Waals surface area contributed by atoms with Crippen LogP contribution in [0.25, 0.3) is 0 Å². The van der Waals surface area contributed by atoms with Crippen molar-refractivity contribution in [3.05, 3.63) is 17.5 Å². The van der Waals surface area contributed by atoms with Crippen molar-refractivity contribution in [2.24, 2.45) is 5.41 Å². The Bertz CT molecular complexity index is 318. The molecule has 0 saturated carbocycles. The number of nitrogens with zero attached hydrogens (tertiary/aromatic N) is 2. The fraction of sp³-hybridized carbons (Fsp3) is 0.769. The first-order chi connectivity index (χ1) is 7.60. The summed E-state index contributed by atoms with van der Waals surface area (Å²) >= 11 is 0. The highest BCUT2D eigenvalue weighted by atomic mass is 16.3. The molecule has 1 aromatic heterocycles. The van der Waals surface area contributed by atoms with Crippen molar-refractivity contribution in [3.63, 3.8) is 0 Å². The number of aliphatic hydroxyl groups excluding tert-OH is 1. The zero-order valence-corrected chi connectivity index (χ0v) is 11.0. The topological polar surface area (TPSA) is 38.0 Å². The Labute approximate surface area is 98.5 Å². The monoisotopic (exact) mass is 224 g/mol. The third-order valence-corrected chi connectivity index (χ3v) is 3.68. The second-order valence-corrected chi connectivity index (χ2v) is 4.63. The molecule has 0 saturated heterocycles. The van der Waals surface area contributed by atoms with E-state index in [1.165, 1.54) is 5.69 Å². The van der Waals surface area contributed by atoms with E-state index in [-0.39, 0.29) is 12.0 Å². The van der Waals surface area contributed by atoms with Crippen LogP contribution in [-0.2, 0) is 13.0 Å². The maximum absolute atomic E-state index is 9.58. The molecular weight excluding hydrogens is 200 g/mol. The first kappa shape index (κ1) is 13.2. The number of aryl methyl sites for hydroxylation is 2. The highest BCUT2D eigenvalue weighted by molar-refractivity contribution is 5.11. The lowest BCUT2D eigenvalue weighted by atomic mass is 9.79. The van der Waals surface area contributed by atoms with Gasteiger partial charge in [0.25, 0.3) is 0 Å². The molecule has 1 rings (SSSR count). The molecule has 0 amide bonds. The van der Waals surface area contributed by atoms with Gasteiger partial charge in [-0.15, -0.1) is 0 Å². The molecule has 0 fully saturated rings. The normalized spacial score (nSPS) is 12.1. The average Bonchev–Trinajstić information content (AvgIpc) is 2.66. The number of rotatable bonds is 6. The van der Waals surface area contributed by atoms with Gasteiger partial charge in [-0.2, -0.15) is 5.10 Å². The number of aromatic nitrogens is 2. The summed E-state index contributed by atoms with van der Waals surface area (Å²) in [5, 5.41) is 14.0. The van der Waals surface area contributed by atoms with Gasteiger partial charge in [0.2, 0.25) is 0 Å². The van der Waals surface area contributed by atoms with Gasteiger partial charge in [-0.1, -0.05) is 13.8 Å². The lowest BCUT2D eigenvalue weighted by molar-refractivity contribution is 0.112. The molecule has 0 radical (unpaired) electrons. The van der Waals surface area contributed by atoms with E-state index >= 15 is 0 Å². The Kier molecular flexibility index (Phi) is 4.54. The molecule has 16 heavy (non-hydrogen) atoms. The van der Waals surface area contributed by atoms with Crippen molar-refractivity contribution in [1.82, 2.24) is 9.78 Å². The SMILES string of the molecule is CCn1nc(C)cc1CC(CC)(CC)CO. The van der Waals surface area contributed by atoms with Gasteiger partial charge < -0.3 is 5.11 Å². The molecule has 0 atom stereocenters. The van der Waals surface area contributed by atoms with E-state index in [1.807, 2.05) is 11.6 Å². The Morgan fingerprint density at radius 2 is 1.94 bits per heavy atom. The molecule has 0 unspecified atom stereocenters. The molecule has 1 N–H and O–H groups in total. The van der Waals surface area contributed by atoms with E-state index in [0.717, 1.165) is 31.5 Å². The van der Waals surface area contributed by atoms with Crippen LogP contribution in [0.4, 0.5) is 0 Å². The fourth-order valence-corrected chi connectivity index (χ4v) is 2.18. The smallest absolute Gasteiger partial charge is 0.0596 e. The third kappa shape index (κ3) is 2.64. The lowest BCUT2D eigenvalue weighted by Crippen LogP contribution is -2.27. The number of hydrogen-bond donors (Lipinski definition) is 1. The van der Waals surface area contributed by atoms with Crippen LogP contribution in [0.5, 0.6) is 0 Å². The lowest BCUT2D eigenvalue weighted by Gasteiger charge is -2.29. The van der Waals surface area contributed by atoms with Crippen LogP contribution >= 0.6 is 0 Å². The van der Waals surface area contributed by atoms with Crippen molar-refractivity contribution < 1.29 is 5.11 Å². The number of hydrogen-bond acceptors (Lipinski definition) is 2. The minimum Gasteiger partial charge on any atom is -0.396 e. The van der Waals surface area contributed by atoms with Crippen LogP contribution in [0.1, 0.15) is 45.0 Å². The van der Waals surface area contributed by atoms with Gasteiger partial charge in [-0.3, -0.25) is 4.68 Å². The summed E-state index contributed by atoms with van der Waals surface area (Å²) in [6.45, 7) is 9.59. The predicted octanol–water partition coefficient (Wildman–Crippen LogP) is 2.55. The van der Waals surface area contributed by atoms with E-state index in [1.54, 1.807) is 0 Å². The molecule has 0 aliphatic carbocycles. The minimum absolute atomic E-state index is 0.0272. The molecule has 1 aromatic rings. The van der Waals surface area contributed by atoms with Crippen LogP contribution < -0.4 is 0 Å². The molecule has 0 bridgehead atoms. The first-order valence-corrected chi connectivity index (χ1v) is 6.25. The van der Waals surface area contributed by atoms with Gasteiger partial charge in [0, 0.05) is 18.8 Å². The molecule has 0 aliphatic rings. The molecule has 1 heterocycles. The zero-order chi connectivity index (χ0) is 12.2. The summed E-state index contributed by atoms with van der Waals surface area (Å²) in [7, 11) is 0. The fourth-order valence-electron chi connectivity index (χ4n) is 2.18. The van der Waals surface area contributed by atoms with Crippen molar-refractivity contribution in [1.29, 1.82) is 0 Å². The van der Waals surface area contributed by atoms with E-state index in [9.17, 15) is 5.11 Å². The predicted molar refractivity (Wildman–Crippen MR) is 66.4 cm³/mol. The molecule has 3 heteroatoms. The average molecular weight is 224 g/mol. The summed E-state index contributed by atoms with van der Waals surface area (Å²) in [6, 6.07) is 2.14. The second kappa shape index (κ2) is 5.48. The van der Waals surface area contributed by atoms with Crippen molar-refractivity contribution in [2.75, 3.05) is 6.61 Å². The highest BCUT2D eigenvalue weighted by Crippen LogP contribution is 2.30. The molecule has 0 aliphatic heterocycles. The van der Waals surface area contributed by atoms with Gasteiger partial charge >= 0.3 is 0 Å². The van der Waals surface area contributed by atoms with Gasteiger partial charge in [0.15, 0.2) is 0 Å². The maximum atomic E-state index is 9.58. The summed E-state index contributed by atoms with van der Waals surface area (Å²) in [4.78, 5) is 0. The van der Waals surface area contributed by atoms with E-state index in [2.05, 4.69) is 31.9 Å². The largest absolute Gasteiger partial charge is 0.396 e. The molecule has 0 aromatic carbocycles. The first-order valence-electron chi connectivity index (χ1n) is 6.25. The van der Waals surface area contributed by atoms with Crippen LogP contribution in [0.3, 0.4) is 0 Å². The summed E-state index contributed by atoms with van der Waals surface area (Å²) in [5.41, 5.74) is 2.34. The maximum Gasteiger partial charge on any atom is 0.0596 e.